The lowest BCUT2D eigenvalue weighted by molar-refractivity contribution is 0.0977. The minimum absolute atomic E-state index is 0.104. The van der Waals surface area contributed by atoms with Crippen LogP contribution in [0.5, 0.6) is 5.75 Å². The van der Waals surface area contributed by atoms with Crippen molar-refractivity contribution in [3.8, 4) is 5.75 Å². The van der Waals surface area contributed by atoms with Crippen molar-refractivity contribution in [3.63, 3.8) is 0 Å². The van der Waals surface area contributed by atoms with Crippen LogP contribution in [0.3, 0.4) is 0 Å². The van der Waals surface area contributed by atoms with Crippen molar-refractivity contribution in [2.75, 3.05) is 0 Å². The summed E-state index contributed by atoms with van der Waals surface area (Å²) in [5, 5.41) is 11.3. The largest absolute Gasteiger partial charge is 0.506 e. The molecule has 5 rings (SSSR count). The number of Topliss-reactive ketones (excluding diaryl/α,β-unsaturated/α-hetero) is 1. The van der Waals surface area contributed by atoms with Gasteiger partial charge >= 0.3 is 5.63 Å². The van der Waals surface area contributed by atoms with Crippen molar-refractivity contribution in [2.24, 2.45) is 5.92 Å². The van der Waals surface area contributed by atoms with E-state index < -0.39 is 5.63 Å². The number of benzene rings is 2. The van der Waals surface area contributed by atoms with Gasteiger partial charge in [0.2, 0.25) is 0 Å². The highest BCUT2D eigenvalue weighted by atomic mass is 16.4. The monoisotopic (exact) mass is 414 g/mol. The Hall–Kier alpha value is -3.14. The van der Waals surface area contributed by atoms with E-state index in [0.29, 0.717) is 25.0 Å². The van der Waals surface area contributed by atoms with Crippen LogP contribution in [0.25, 0.3) is 0 Å². The Labute approximate surface area is 181 Å². The van der Waals surface area contributed by atoms with Crippen molar-refractivity contribution in [1.82, 2.24) is 0 Å². The Balaban J connectivity index is 1.63. The first-order valence-electron chi connectivity index (χ1n) is 11.2. The smallest absolute Gasteiger partial charge is 0.343 e. The second-order valence-corrected chi connectivity index (χ2v) is 8.82. The quantitative estimate of drug-likeness (QED) is 0.554. The number of aromatic hydroxyl groups is 1. The van der Waals surface area contributed by atoms with E-state index in [-0.39, 0.29) is 40.4 Å². The third kappa shape index (κ3) is 3.83. The van der Waals surface area contributed by atoms with Crippen LogP contribution in [0.1, 0.15) is 76.7 Å². The van der Waals surface area contributed by atoms with Gasteiger partial charge in [0.05, 0.1) is 11.1 Å². The Morgan fingerprint density at radius 3 is 2.29 bits per heavy atom. The maximum atomic E-state index is 13.2. The van der Waals surface area contributed by atoms with Crippen molar-refractivity contribution >= 4 is 5.78 Å². The molecule has 158 valence electrons. The lowest BCUT2D eigenvalue weighted by Gasteiger charge is -2.21. The molecule has 1 N–H and O–H groups in total. The zero-order valence-electron chi connectivity index (χ0n) is 17.4. The number of hydrogen-bond acceptors (Lipinski definition) is 4. The molecular formula is C27H26O4. The first kappa shape index (κ1) is 19.8. The van der Waals surface area contributed by atoms with Gasteiger partial charge in [-0.3, -0.25) is 4.79 Å². The molecule has 2 aliphatic rings. The second-order valence-electron chi connectivity index (χ2n) is 8.82. The van der Waals surface area contributed by atoms with Gasteiger partial charge in [-0.1, -0.05) is 60.7 Å². The maximum absolute atomic E-state index is 13.2. The summed E-state index contributed by atoms with van der Waals surface area (Å²) >= 11 is 0. The fourth-order valence-corrected chi connectivity index (χ4v) is 5.01. The molecule has 1 saturated carbocycles. The van der Waals surface area contributed by atoms with Crippen molar-refractivity contribution in [2.45, 2.75) is 50.4 Å². The van der Waals surface area contributed by atoms with E-state index >= 15 is 0 Å². The molecule has 3 aromatic rings. The molecule has 0 bridgehead atoms. The summed E-state index contributed by atoms with van der Waals surface area (Å²) in [6.45, 7) is 0. The molecule has 2 aliphatic carbocycles. The lowest BCUT2D eigenvalue weighted by Crippen LogP contribution is -2.20. The third-order valence-electron chi connectivity index (χ3n) is 6.65. The predicted octanol–water partition coefficient (Wildman–Crippen LogP) is 5.58. The molecule has 2 aromatic carbocycles. The summed E-state index contributed by atoms with van der Waals surface area (Å²) in [7, 11) is 0. The van der Waals surface area contributed by atoms with E-state index in [4.69, 9.17) is 4.42 Å². The second kappa shape index (κ2) is 8.18. The Morgan fingerprint density at radius 2 is 1.61 bits per heavy atom. The summed E-state index contributed by atoms with van der Waals surface area (Å²) in [5.74, 6) is 0.0158. The molecule has 0 amide bonds. The standard InChI is InChI=1S/C27H26O4/c28-21-13-7-12-20(16-17-8-3-1-4-9-17)26-23(21)25(29)24(27(30)31-26)22(19-14-15-19)18-10-5-2-6-11-18/h1-6,8-11,19-20,22,29H,7,12-16H2. The molecule has 2 atom stereocenters. The van der Waals surface area contributed by atoms with Gasteiger partial charge in [0.1, 0.15) is 11.5 Å². The third-order valence-corrected chi connectivity index (χ3v) is 6.65. The number of fused-ring (bicyclic) bond motifs is 1. The highest BCUT2D eigenvalue weighted by Gasteiger charge is 2.40. The summed E-state index contributed by atoms with van der Waals surface area (Å²) in [5.41, 5.74) is 2.08. The molecule has 0 saturated heterocycles. The first-order valence-corrected chi connectivity index (χ1v) is 11.2. The average Bonchev–Trinajstić information content (AvgIpc) is 3.62. The van der Waals surface area contributed by atoms with Crippen LogP contribution >= 0.6 is 0 Å². The maximum Gasteiger partial charge on any atom is 0.343 e. The van der Waals surface area contributed by atoms with Gasteiger partial charge in [-0.15, -0.1) is 0 Å². The molecule has 1 aromatic heterocycles. The van der Waals surface area contributed by atoms with E-state index in [1.54, 1.807) is 0 Å². The van der Waals surface area contributed by atoms with E-state index in [1.165, 1.54) is 0 Å². The van der Waals surface area contributed by atoms with Crippen LogP contribution in [0.4, 0.5) is 0 Å². The molecule has 0 aliphatic heterocycles. The number of hydrogen-bond donors (Lipinski definition) is 1. The van der Waals surface area contributed by atoms with Gasteiger partial charge in [0.15, 0.2) is 5.78 Å². The van der Waals surface area contributed by atoms with E-state index in [1.807, 2.05) is 60.7 Å². The molecule has 4 heteroatoms. The topological polar surface area (TPSA) is 67.5 Å². The fourth-order valence-electron chi connectivity index (χ4n) is 5.01. The normalized spacial score (nSPS) is 19.5. The Kier molecular flexibility index (Phi) is 5.23. The summed E-state index contributed by atoms with van der Waals surface area (Å²) < 4.78 is 5.89. The SMILES string of the molecule is O=C1CCCC(Cc2ccccc2)c2oc(=O)c(C(c3ccccc3)C3CC3)c(O)c21. The molecule has 4 nitrogen and oxygen atoms in total. The van der Waals surface area contributed by atoms with Gasteiger partial charge in [-0.05, 0) is 49.1 Å². The van der Waals surface area contributed by atoms with E-state index in [9.17, 15) is 14.7 Å². The summed E-state index contributed by atoms with van der Waals surface area (Å²) in [4.78, 5) is 26.2. The van der Waals surface area contributed by atoms with Crippen LogP contribution in [0.2, 0.25) is 0 Å². The average molecular weight is 415 g/mol. The number of ketones is 1. The van der Waals surface area contributed by atoms with Gasteiger partial charge in [0.25, 0.3) is 0 Å². The van der Waals surface area contributed by atoms with Crippen LogP contribution in [0.15, 0.2) is 69.9 Å². The summed E-state index contributed by atoms with van der Waals surface area (Å²) in [6, 6.07) is 19.8. The van der Waals surface area contributed by atoms with Crippen molar-refractivity contribution in [3.05, 3.63) is 99.1 Å². The van der Waals surface area contributed by atoms with Crippen LogP contribution in [0, 0.1) is 5.92 Å². The van der Waals surface area contributed by atoms with E-state index in [0.717, 1.165) is 30.4 Å². The zero-order chi connectivity index (χ0) is 21.4. The highest BCUT2D eigenvalue weighted by molar-refractivity contribution is 6.00. The Bertz CT molecular complexity index is 1140. The van der Waals surface area contributed by atoms with Crippen molar-refractivity contribution in [1.29, 1.82) is 0 Å². The molecule has 2 unspecified atom stereocenters. The van der Waals surface area contributed by atoms with Gasteiger partial charge in [-0.25, -0.2) is 4.79 Å². The Morgan fingerprint density at radius 1 is 0.935 bits per heavy atom. The molecular weight excluding hydrogens is 388 g/mol. The minimum atomic E-state index is -0.509. The van der Waals surface area contributed by atoms with Crippen LogP contribution in [-0.2, 0) is 6.42 Å². The van der Waals surface area contributed by atoms with Crippen LogP contribution in [-0.4, -0.2) is 10.9 Å². The highest BCUT2D eigenvalue weighted by Crippen LogP contribution is 2.49. The fraction of sp³-hybridized carbons (Fsp3) is 0.333. The number of rotatable bonds is 5. The first-order chi connectivity index (χ1) is 15.1. The summed E-state index contributed by atoms with van der Waals surface area (Å²) in [6.07, 6.45) is 4.50. The zero-order valence-corrected chi connectivity index (χ0v) is 17.4. The van der Waals surface area contributed by atoms with E-state index in [2.05, 4.69) is 0 Å². The van der Waals surface area contributed by atoms with Crippen molar-refractivity contribution < 1.29 is 14.3 Å². The molecule has 31 heavy (non-hydrogen) atoms. The van der Waals surface area contributed by atoms with Gasteiger partial charge in [0, 0.05) is 18.3 Å². The minimum Gasteiger partial charge on any atom is -0.506 e. The molecule has 0 radical (unpaired) electrons. The molecule has 0 spiro atoms. The lowest BCUT2D eigenvalue weighted by atomic mass is 9.85. The number of carbonyl (C=O) groups excluding carboxylic acids is 1. The van der Waals surface area contributed by atoms with Gasteiger partial charge in [-0.2, -0.15) is 0 Å². The number of carbonyl (C=O) groups is 1. The van der Waals surface area contributed by atoms with Crippen LogP contribution < -0.4 is 5.63 Å². The van der Waals surface area contributed by atoms with Gasteiger partial charge < -0.3 is 9.52 Å². The predicted molar refractivity (Wildman–Crippen MR) is 119 cm³/mol. The molecule has 1 heterocycles. The molecule has 1 fully saturated rings.